The van der Waals surface area contributed by atoms with Gasteiger partial charge < -0.3 is 0 Å². The monoisotopic (exact) mass is 420 g/mol. The molecule has 0 radical (unpaired) electrons. The van der Waals surface area contributed by atoms with E-state index >= 15 is 0 Å². The molecule has 2 aromatic heterocycles. The van der Waals surface area contributed by atoms with Crippen LogP contribution in [0.2, 0.25) is 0 Å². The lowest BCUT2D eigenvalue weighted by molar-refractivity contribution is 0.581. The number of hydrogen-bond donors (Lipinski definition) is 1. The van der Waals surface area contributed by atoms with Crippen LogP contribution in [0.15, 0.2) is 32.7 Å². The summed E-state index contributed by atoms with van der Waals surface area (Å²) < 4.78 is 30.1. The van der Waals surface area contributed by atoms with E-state index in [4.69, 9.17) is 0 Å². The molecule has 0 bridgehead atoms. The third kappa shape index (κ3) is 3.31. The van der Waals surface area contributed by atoms with Gasteiger partial charge in [-0.15, -0.1) is 11.3 Å². The van der Waals surface area contributed by atoms with Crippen molar-refractivity contribution in [1.29, 1.82) is 0 Å². The Hall–Kier alpha value is -2.30. The summed E-state index contributed by atoms with van der Waals surface area (Å²) in [5, 5.41) is 1.09. The SMILES string of the molecule is Cc1nc(C)c(Cn2c(=O)n(C)c(=O)c3cc(S(=O)(=O)NC4CC4)ccc32)s1. The van der Waals surface area contributed by atoms with Crippen LogP contribution in [-0.2, 0) is 23.6 Å². The van der Waals surface area contributed by atoms with Crippen molar-refractivity contribution in [1.82, 2.24) is 18.8 Å². The van der Waals surface area contributed by atoms with Crippen molar-refractivity contribution in [3.63, 3.8) is 0 Å². The first-order valence-electron chi connectivity index (χ1n) is 8.86. The molecule has 3 aromatic rings. The largest absolute Gasteiger partial charge is 0.331 e. The van der Waals surface area contributed by atoms with Gasteiger partial charge in [0.25, 0.3) is 5.56 Å². The van der Waals surface area contributed by atoms with Crippen molar-refractivity contribution in [2.24, 2.45) is 7.05 Å². The fraction of sp³-hybridized carbons (Fsp3) is 0.389. The minimum atomic E-state index is -3.70. The summed E-state index contributed by atoms with van der Waals surface area (Å²) in [6.45, 7) is 4.04. The molecule has 1 aromatic carbocycles. The van der Waals surface area contributed by atoms with Crippen LogP contribution in [0.4, 0.5) is 0 Å². The van der Waals surface area contributed by atoms with E-state index in [1.165, 1.54) is 41.2 Å². The lowest BCUT2D eigenvalue weighted by atomic mass is 10.2. The van der Waals surface area contributed by atoms with Crippen molar-refractivity contribution in [2.75, 3.05) is 0 Å². The standard InChI is InChI=1S/C18H20N4O4S2/c1-10-16(27-11(2)19-10)9-22-15-7-6-13(28(25,26)20-12-4-5-12)8-14(15)17(23)21(3)18(22)24/h6-8,12,20H,4-5,9H2,1-3H3. The molecule has 1 N–H and O–H groups in total. The minimum absolute atomic E-state index is 0.0269. The molecule has 0 amide bonds. The number of aryl methyl sites for hydroxylation is 2. The smallest absolute Gasteiger partial charge is 0.288 e. The molecule has 0 saturated heterocycles. The van der Waals surface area contributed by atoms with Gasteiger partial charge in [0.05, 0.1) is 33.0 Å². The van der Waals surface area contributed by atoms with Gasteiger partial charge in [-0.25, -0.2) is 22.9 Å². The molecule has 2 heterocycles. The van der Waals surface area contributed by atoms with Gasteiger partial charge in [-0.2, -0.15) is 0 Å². The Morgan fingerprint density at radius 2 is 1.96 bits per heavy atom. The van der Waals surface area contributed by atoms with Gasteiger partial charge in [0.2, 0.25) is 10.0 Å². The Morgan fingerprint density at radius 1 is 1.25 bits per heavy atom. The Bertz CT molecular complexity index is 1310. The average molecular weight is 421 g/mol. The number of aromatic nitrogens is 3. The zero-order valence-electron chi connectivity index (χ0n) is 15.7. The van der Waals surface area contributed by atoms with Crippen LogP contribution in [0.1, 0.15) is 28.4 Å². The molecule has 28 heavy (non-hydrogen) atoms. The fourth-order valence-corrected chi connectivity index (χ4v) is 5.40. The van der Waals surface area contributed by atoms with Crippen LogP contribution in [0.5, 0.6) is 0 Å². The van der Waals surface area contributed by atoms with E-state index in [1.807, 2.05) is 13.8 Å². The number of hydrogen-bond acceptors (Lipinski definition) is 6. The molecular weight excluding hydrogens is 400 g/mol. The first-order valence-corrected chi connectivity index (χ1v) is 11.2. The number of rotatable bonds is 5. The van der Waals surface area contributed by atoms with Gasteiger partial charge in [0.1, 0.15) is 0 Å². The zero-order chi connectivity index (χ0) is 20.2. The first kappa shape index (κ1) is 19.0. The summed E-state index contributed by atoms with van der Waals surface area (Å²) in [5.74, 6) is 0. The molecule has 0 aliphatic heterocycles. The van der Waals surface area contributed by atoms with E-state index in [1.54, 1.807) is 0 Å². The lowest BCUT2D eigenvalue weighted by Crippen LogP contribution is -2.38. The molecule has 1 saturated carbocycles. The van der Waals surface area contributed by atoms with Gasteiger partial charge in [-0.05, 0) is 44.9 Å². The highest BCUT2D eigenvalue weighted by atomic mass is 32.2. The van der Waals surface area contributed by atoms with Crippen molar-refractivity contribution in [3.05, 3.63) is 54.6 Å². The maximum atomic E-state index is 12.7. The lowest BCUT2D eigenvalue weighted by Gasteiger charge is -2.13. The summed E-state index contributed by atoms with van der Waals surface area (Å²) in [6.07, 6.45) is 1.64. The van der Waals surface area contributed by atoms with Crippen LogP contribution in [0, 0.1) is 13.8 Å². The molecule has 1 aliphatic rings. The second kappa shape index (κ2) is 6.64. The van der Waals surface area contributed by atoms with Crippen molar-refractivity contribution in [3.8, 4) is 0 Å². The zero-order valence-corrected chi connectivity index (χ0v) is 17.4. The van der Waals surface area contributed by atoms with E-state index < -0.39 is 21.3 Å². The van der Waals surface area contributed by atoms with Crippen LogP contribution in [0.3, 0.4) is 0 Å². The van der Waals surface area contributed by atoms with Crippen molar-refractivity contribution in [2.45, 2.75) is 44.2 Å². The third-order valence-corrected chi connectivity index (χ3v) is 7.40. The molecule has 0 unspecified atom stereocenters. The summed E-state index contributed by atoms with van der Waals surface area (Å²) in [6, 6.07) is 4.29. The minimum Gasteiger partial charge on any atom is -0.288 e. The number of thiazole rings is 1. The van der Waals surface area contributed by atoms with Crippen molar-refractivity contribution >= 4 is 32.3 Å². The summed E-state index contributed by atoms with van der Waals surface area (Å²) in [7, 11) is -2.30. The number of fused-ring (bicyclic) bond motifs is 1. The number of nitrogens with zero attached hydrogens (tertiary/aromatic N) is 3. The highest BCUT2D eigenvalue weighted by molar-refractivity contribution is 7.89. The molecule has 10 heteroatoms. The highest BCUT2D eigenvalue weighted by Gasteiger charge is 2.28. The molecule has 4 rings (SSSR count). The summed E-state index contributed by atoms with van der Waals surface area (Å²) in [5.41, 5.74) is 0.278. The number of benzene rings is 1. The quantitative estimate of drug-likeness (QED) is 0.669. The Balaban J connectivity index is 1.89. The molecule has 148 valence electrons. The van der Waals surface area contributed by atoms with Crippen LogP contribution in [-0.4, -0.2) is 28.6 Å². The molecule has 0 spiro atoms. The number of nitrogens with one attached hydrogen (secondary N) is 1. The Kier molecular flexibility index (Phi) is 4.52. The predicted octanol–water partition coefficient (Wildman–Crippen LogP) is 1.26. The van der Waals surface area contributed by atoms with Crippen LogP contribution < -0.4 is 16.0 Å². The fourth-order valence-electron chi connectivity index (χ4n) is 3.15. The third-order valence-electron chi connectivity index (χ3n) is 4.82. The maximum absolute atomic E-state index is 12.7. The van der Waals surface area contributed by atoms with E-state index in [0.717, 1.165) is 33.0 Å². The molecule has 1 aliphatic carbocycles. The normalized spacial score (nSPS) is 14.7. The van der Waals surface area contributed by atoms with Crippen LogP contribution in [0.25, 0.3) is 10.9 Å². The molecule has 0 atom stereocenters. The average Bonchev–Trinajstić information content (AvgIpc) is 3.38. The molecular formula is C18H20N4O4S2. The van der Waals surface area contributed by atoms with Crippen LogP contribution >= 0.6 is 11.3 Å². The van der Waals surface area contributed by atoms with Gasteiger partial charge in [-0.1, -0.05) is 0 Å². The second-order valence-corrected chi connectivity index (χ2v) is 10.1. The maximum Gasteiger partial charge on any atom is 0.331 e. The summed E-state index contributed by atoms with van der Waals surface area (Å²) >= 11 is 1.49. The Morgan fingerprint density at radius 3 is 2.57 bits per heavy atom. The van der Waals surface area contributed by atoms with Gasteiger partial charge in [0, 0.05) is 18.0 Å². The molecule has 8 nitrogen and oxygen atoms in total. The summed E-state index contributed by atoms with van der Waals surface area (Å²) in [4.78, 5) is 30.7. The van der Waals surface area contributed by atoms with E-state index in [-0.39, 0.29) is 22.9 Å². The topological polar surface area (TPSA) is 103 Å². The van der Waals surface area contributed by atoms with Gasteiger partial charge in [0.15, 0.2) is 0 Å². The highest BCUT2D eigenvalue weighted by Crippen LogP contribution is 2.24. The van der Waals surface area contributed by atoms with E-state index in [9.17, 15) is 18.0 Å². The second-order valence-electron chi connectivity index (χ2n) is 7.05. The van der Waals surface area contributed by atoms with E-state index in [2.05, 4.69) is 9.71 Å². The predicted molar refractivity (Wildman–Crippen MR) is 107 cm³/mol. The first-order chi connectivity index (χ1) is 13.2. The van der Waals surface area contributed by atoms with E-state index in [0.29, 0.717) is 5.52 Å². The Labute approximate surface area is 165 Å². The number of sulfonamides is 1. The molecule has 1 fully saturated rings. The van der Waals surface area contributed by atoms with Gasteiger partial charge >= 0.3 is 5.69 Å². The van der Waals surface area contributed by atoms with Gasteiger partial charge in [-0.3, -0.25) is 13.9 Å². The van der Waals surface area contributed by atoms with Crippen molar-refractivity contribution < 1.29 is 8.42 Å².